The summed E-state index contributed by atoms with van der Waals surface area (Å²) in [5.74, 6) is -0.278. The number of aromatic nitrogens is 3. The predicted molar refractivity (Wildman–Crippen MR) is 126 cm³/mol. The number of nitrogens with zero attached hydrogens (tertiary/aromatic N) is 3. The second kappa shape index (κ2) is 9.65. The Hall–Kier alpha value is -4.00. The van der Waals surface area contributed by atoms with Crippen molar-refractivity contribution in [2.24, 2.45) is 7.05 Å². The van der Waals surface area contributed by atoms with Gasteiger partial charge in [-0.1, -0.05) is 55.5 Å². The van der Waals surface area contributed by atoms with Crippen LogP contribution in [0, 0.1) is 6.92 Å². The molecule has 168 valence electrons. The molecular formula is C26H26N4O3. The van der Waals surface area contributed by atoms with Gasteiger partial charge in [-0.15, -0.1) is 0 Å². The molecule has 4 rings (SSSR count). The third-order valence-electron chi connectivity index (χ3n) is 5.66. The number of nitrogens with one attached hydrogen (secondary N) is 1. The molecule has 4 aromatic rings. The number of amides is 1. The number of imidazole rings is 1. The number of para-hydroxylation sites is 1. The predicted octanol–water partition coefficient (Wildman–Crippen LogP) is 3.90. The Morgan fingerprint density at radius 2 is 1.82 bits per heavy atom. The van der Waals surface area contributed by atoms with Gasteiger partial charge in [0.05, 0.1) is 16.8 Å². The first-order chi connectivity index (χ1) is 16.0. The fraction of sp³-hybridized carbons (Fsp3) is 0.231. The number of esters is 1. The summed E-state index contributed by atoms with van der Waals surface area (Å²) in [6.45, 7) is 3.42. The molecule has 1 amide bonds. The molecule has 0 aliphatic rings. The average Bonchev–Trinajstić information content (AvgIpc) is 3.26. The van der Waals surface area contributed by atoms with Gasteiger partial charge < -0.3 is 14.6 Å². The fourth-order valence-corrected chi connectivity index (χ4v) is 3.97. The topological polar surface area (TPSA) is 86.1 Å². The molecule has 0 aliphatic heterocycles. The minimum atomic E-state index is -0.550. The molecule has 0 bridgehead atoms. The molecule has 0 unspecified atom stereocenters. The van der Waals surface area contributed by atoms with Crippen LogP contribution in [0.2, 0.25) is 0 Å². The van der Waals surface area contributed by atoms with Crippen molar-refractivity contribution in [3.05, 3.63) is 95.2 Å². The molecular weight excluding hydrogens is 416 g/mol. The van der Waals surface area contributed by atoms with Crippen LogP contribution in [-0.4, -0.2) is 33.0 Å². The number of ether oxygens (including phenoxy) is 1. The molecule has 7 heteroatoms. The molecule has 33 heavy (non-hydrogen) atoms. The largest absolute Gasteiger partial charge is 0.452 e. The molecule has 7 nitrogen and oxygen atoms in total. The van der Waals surface area contributed by atoms with Crippen LogP contribution in [0.5, 0.6) is 0 Å². The van der Waals surface area contributed by atoms with Crippen molar-refractivity contribution in [1.29, 1.82) is 0 Å². The van der Waals surface area contributed by atoms with Crippen molar-refractivity contribution in [1.82, 2.24) is 19.9 Å². The van der Waals surface area contributed by atoms with E-state index in [0.717, 1.165) is 22.0 Å². The molecule has 0 radical (unpaired) electrons. The van der Waals surface area contributed by atoms with E-state index < -0.39 is 24.5 Å². The molecule has 0 spiro atoms. The molecule has 2 heterocycles. The Morgan fingerprint density at radius 3 is 2.52 bits per heavy atom. The van der Waals surface area contributed by atoms with E-state index in [1.807, 2.05) is 86.3 Å². The van der Waals surface area contributed by atoms with E-state index in [0.29, 0.717) is 23.5 Å². The highest BCUT2D eigenvalue weighted by atomic mass is 16.5. The summed E-state index contributed by atoms with van der Waals surface area (Å²) in [7, 11) is 1.87. The standard InChI is InChI=1S/C26H26N4O3/c1-4-20-23(17(2)19-12-8-9-13-21(19)28-20)26(32)33-16-22(31)29-24(18-10-6-5-7-11-18)25-27-14-15-30(25)3/h5-15,24H,4,16H2,1-3H3,(H,29,31)/t24-/m1/s1. The fourth-order valence-electron chi connectivity index (χ4n) is 3.97. The zero-order valence-electron chi connectivity index (χ0n) is 18.9. The quantitative estimate of drug-likeness (QED) is 0.439. The number of carbonyl (C=O) groups excluding carboxylic acids is 2. The normalized spacial score (nSPS) is 11.8. The van der Waals surface area contributed by atoms with Crippen molar-refractivity contribution in [3.63, 3.8) is 0 Å². The Labute approximate surface area is 192 Å². The summed E-state index contributed by atoms with van der Waals surface area (Å²) < 4.78 is 7.28. The third kappa shape index (κ3) is 4.62. The number of fused-ring (bicyclic) bond motifs is 1. The van der Waals surface area contributed by atoms with Gasteiger partial charge in [-0.2, -0.15) is 0 Å². The van der Waals surface area contributed by atoms with E-state index in [4.69, 9.17) is 4.74 Å². The van der Waals surface area contributed by atoms with Gasteiger partial charge in [0, 0.05) is 24.8 Å². The monoisotopic (exact) mass is 442 g/mol. The van der Waals surface area contributed by atoms with Gasteiger partial charge in [-0.25, -0.2) is 9.78 Å². The lowest BCUT2D eigenvalue weighted by Gasteiger charge is -2.19. The van der Waals surface area contributed by atoms with Crippen LogP contribution in [0.15, 0.2) is 67.0 Å². The van der Waals surface area contributed by atoms with E-state index in [-0.39, 0.29) is 0 Å². The number of rotatable bonds is 7. The summed E-state index contributed by atoms with van der Waals surface area (Å²) in [5.41, 5.74) is 3.61. The number of aryl methyl sites for hydroxylation is 3. The van der Waals surface area contributed by atoms with E-state index >= 15 is 0 Å². The zero-order chi connectivity index (χ0) is 23.4. The molecule has 1 N–H and O–H groups in total. The smallest absolute Gasteiger partial charge is 0.340 e. The molecule has 1 atom stereocenters. The van der Waals surface area contributed by atoms with Crippen LogP contribution in [0.3, 0.4) is 0 Å². The van der Waals surface area contributed by atoms with E-state index in [1.165, 1.54) is 0 Å². The number of carbonyl (C=O) groups is 2. The van der Waals surface area contributed by atoms with Crippen molar-refractivity contribution >= 4 is 22.8 Å². The average molecular weight is 443 g/mol. The summed E-state index contributed by atoms with van der Waals surface area (Å²) in [6, 6.07) is 16.8. The minimum absolute atomic E-state index is 0.401. The summed E-state index contributed by atoms with van der Waals surface area (Å²) >= 11 is 0. The van der Waals surface area contributed by atoms with Crippen LogP contribution >= 0.6 is 0 Å². The molecule has 2 aromatic heterocycles. The number of benzene rings is 2. The van der Waals surface area contributed by atoms with Gasteiger partial charge in [-0.3, -0.25) is 9.78 Å². The summed E-state index contributed by atoms with van der Waals surface area (Å²) in [5, 5.41) is 3.83. The lowest BCUT2D eigenvalue weighted by atomic mass is 10.0. The molecule has 0 fully saturated rings. The van der Waals surface area contributed by atoms with Crippen molar-refractivity contribution in [2.45, 2.75) is 26.3 Å². The van der Waals surface area contributed by atoms with Gasteiger partial charge >= 0.3 is 5.97 Å². The number of pyridine rings is 1. The Kier molecular flexibility index (Phi) is 6.49. The van der Waals surface area contributed by atoms with Gasteiger partial charge in [0.1, 0.15) is 11.9 Å². The van der Waals surface area contributed by atoms with E-state index in [2.05, 4.69) is 15.3 Å². The lowest BCUT2D eigenvalue weighted by Crippen LogP contribution is -2.34. The highest BCUT2D eigenvalue weighted by Gasteiger charge is 2.23. The Morgan fingerprint density at radius 1 is 1.09 bits per heavy atom. The maximum atomic E-state index is 13.0. The Balaban J connectivity index is 1.52. The molecule has 0 saturated heterocycles. The van der Waals surface area contributed by atoms with Crippen molar-refractivity contribution in [3.8, 4) is 0 Å². The summed E-state index contributed by atoms with van der Waals surface area (Å²) in [4.78, 5) is 34.8. The van der Waals surface area contributed by atoms with E-state index in [1.54, 1.807) is 6.20 Å². The first-order valence-electron chi connectivity index (χ1n) is 10.9. The van der Waals surface area contributed by atoms with Crippen molar-refractivity contribution < 1.29 is 14.3 Å². The third-order valence-corrected chi connectivity index (χ3v) is 5.66. The molecule has 0 saturated carbocycles. The van der Waals surface area contributed by atoms with Gasteiger partial charge in [0.25, 0.3) is 5.91 Å². The summed E-state index contributed by atoms with van der Waals surface area (Å²) in [6.07, 6.45) is 4.08. The highest BCUT2D eigenvalue weighted by molar-refractivity contribution is 5.99. The van der Waals surface area contributed by atoms with Gasteiger partial charge in [-0.05, 0) is 30.5 Å². The highest BCUT2D eigenvalue weighted by Crippen LogP contribution is 2.24. The van der Waals surface area contributed by atoms with Crippen LogP contribution in [0.25, 0.3) is 10.9 Å². The molecule has 2 aromatic carbocycles. The van der Waals surface area contributed by atoms with E-state index in [9.17, 15) is 9.59 Å². The maximum Gasteiger partial charge on any atom is 0.340 e. The van der Waals surface area contributed by atoms with Crippen molar-refractivity contribution in [2.75, 3.05) is 6.61 Å². The first-order valence-corrected chi connectivity index (χ1v) is 10.9. The lowest BCUT2D eigenvalue weighted by molar-refractivity contribution is -0.124. The second-order valence-corrected chi connectivity index (χ2v) is 7.81. The molecule has 0 aliphatic carbocycles. The Bertz CT molecular complexity index is 1300. The van der Waals surface area contributed by atoms with Crippen LogP contribution < -0.4 is 5.32 Å². The van der Waals surface area contributed by atoms with Crippen LogP contribution in [0.1, 0.15) is 46.0 Å². The number of hydrogen-bond donors (Lipinski definition) is 1. The SMILES string of the molecule is CCc1nc2ccccc2c(C)c1C(=O)OCC(=O)N[C@H](c1ccccc1)c1nccn1C. The first kappa shape index (κ1) is 22.2. The second-order valence-electron chi connectivity index (χ2n) is 7.81. The van der Waals surface area contributed by atoms with Crippen LogP contribution in [0.4, 0.5) is 0 Å². The van der Waals surface area contributed by atoms with Gasteiger partial charge in [0.2, 0.25) is 0 Å². The maximum absolute atomic E-state index is 13.0. The zero-order valence-corrected chi connectivity index (χ0v) is 18.9. The van der Waals surface area contributed by atoms with Crippen LogP contribution in [-0.2, 0) is 23.0 Å². The minimum Gasteiger partial charge on any atom is -0.452 e. The number of hydrogen-bond acceptors (Lipinski definition) is 5. The van der Waals surface area contributed by atoms with Gasteiger partial charge in [0.15, 0.2) is 6.61 Å².